The Bertz CT molecular complexity index is 1040. The second kappa shape index (κ2) is 8.56. The third kappa shape index (κ3) is 4.79. The fourth-order valence-corrected chi connectivity index (χ4v) is 3.11. The summed E-state index contributed by atoms with van der Waals surface area (Å²) in [5.74, 6) is -0.0619. The van der Waals surface area contributed by atoms with E-state index in [0.717, 1.165) is 22.4 Å². The number of methoxy groups -OCH3 is 1. The summed E-state index contributed by atoms with van der Waals surface area (Å²) < 4.78 is 5.10. The lowest BCUT2D eigenvalue weighted by Gasteiger charge is -2.13. The molecule has 1 heterocycles. The number of anilines is 2. The monoisotopic (exact) mass is 389 g/mol. The molecule has 1 aromatic heterocycles. The highest BCUT2D eigenvalue weighted by Gasteiger charge is 2.15. The molecule has 0 atom stereocenters. The third-order valence-corrected chi connectivity index (χ3v) is 4.48. The molecule has 0 bridgehead atoms. The molecule has 2 amide bonds. The number of rotatable bonds is 5. The van der Waals surface area contributed by atoms with E-state index in [1.54, 1.807) is 49.6 Å². The molecule has 29 heavy (non-hydrogen) atoms. The van der Waals surface area contributed by atoms with Gasteiger partial charge < -0.3 is 15.4 Å². The molecule has 2 aromatic carbocycles. The molecule has 0 saturated heterocycles. The van der Waals surface area contributed by atoms with Gasteiger partial charge in [-0.1, -0.05) is 23.8 Å². The standard InChI is InChI=1S/C23H23N3O3/c1-14-12-15(2)21(16(3)13-14)26-23(28)20-7-5-6-19(25-20)22(27)24-17-8-10-18(29-4)11-9-17/h5-13H,1-4H3,(H,24,27)(H,26,28). The molecule has 0 radical (unpaired) electrons. The lowest BCUT2D eigenvalue weighted by molar-refractivity contribution is 0.101. The van der Waals surface area contributed by atoms with Crippen LogP contribution in [0.3, 0.4) is 0 Å². The van der Waals surface area contributed by atoms with Crippen molar-refractivity contribution in [3.8, 4) is 5.75 Å². The Morgan fingerprint density at radius 1 is 0.828 bits per heavy atom. The van der Waals surface area contributed by atoms with Crippen LogP contribution in [0.1, 0.15) is 37.7 Å². The van der Waals surface area contributed by atoms with Gasteiger partial charge in [0.15, 0.2) is 0 Å². The van der Waals surface area contributed by atoms with Crippen LogP contribution < -0.4 is 15.4 Å². The first-order valence-electron chi connectivity index (χ1n) is 9.19. The summed E-state index contributed by atoms with van der Waals surface area (Å²) in [6.07, 6.45) is 0. The van der Waals surface area contributed by atoms with Crippen LogP contribution in [-0.4, -0.2) is 23.9 Å². The van der Waals surface area contributed by atoms with Gasteiger partial charge >= 0.3 is 0 Å². The quantitative estimate of drug-likeness (QED) is 0.672. The molecule has 6 nitrogen and oxygen atoms in total. The Kier molecular flexibility index (Phi) is 5.93. The molecular formula is C23H23N3O3. The Morgan fingerprint density at radius 2 is 1.38 bits per heavy atom. The minimum atomic E-state index is -0.396. The van der Waals surface area contributed by atoms with Crippen molar-refractivity contribution in [2.24, 2.45) is 0 Å². The van der Waals surface area contributed by atoms with Crippen molar-refractivity contribution < 1.29 is 14.3 Å². The normalized spacial score (nSPS) is 10.3. The first kappa shape index (κ1) is 20.1. The third-order valence-electron chi connectivity index (χ3n) is 4.48. The summed E-state index contributed by atoms with van der Waals surface area (Å²) in [4.78, 5) is 29.4. The van der Waals surface area contributed by atoms with Crippen molar-refractivity contribution in [1.82, 2.24) is 4.98 Å². The molecule has 0 aliphatic carbocycles. The van der Waals surface area contributed by atoms with E-state index >= 15 is 0 Å². The van der Waals surface area contributed by atoms with E-state index in [2.05, 4.69) is 15.6 Å². The Morgan fingerprint density at radius 3 is 1.93 bits per heavy atom. The topological polar surface area (TPSA) is 80.3 Å². The summed E-state index contributed by atoms with van der Waals surface area (Å²) >= 11 is 0. The maximum absolute atomic E-state index is 12.7. The van der Waals surface area contributed by atoms with Gasteiger partial charge in [0.25, 0.3) is 11.8 Å². The first-order valence-corrected chi connectivity index (χ1v) is 9.19. The number of pyridine rings is 1. The van der Waals surface area contributed by atoms with Crippen molar-refractivity contribution in [1.29, 1.82) is 0 Å². The van der Waals surface area contributed by atoms with Crippen molar-refractivity contribution >= 4 is 23.2 Å². The van der Waals surface area contributed by atoms with E-state index in [-0.39, 0.29) is 17.3 Å². The van der Waals surface area contributed by atoms with Gasteiger partial charge in [-0.15, -0.1) is 0 Å². The van der Waals surface area contributed by atoms with Crippen LogP contribution in [0.25, 0.3) is 0 Å². The molecule has 2 N–H and O–H groups in total. The number of nitrogens with one attached hydrogen (secondary N) is 2. The van der Waals surface area contributed by atoms with Crippen LogP contribution in [-0.2, 0) is 0 Å². The van der Waals surface area contributed by atoms with Crippen LogP contribution in [0, 0.1) is 20.8 Å². The minimum Gasteiger partial charge on any atom is -0.497 e. The number of benzene rings is 2. The largest absolute Gasteiger partial charge is 0.497 e. The molecule has 3 rings (SSSR count). The zero-order chi connectivity index (χ0) is 21.0. The number of aromatic nitrogens is 1. The predicted molar refractivity (Wildman–Crippen MR) is 114 cm³/mol. The van der Waals surface area contributed by atoms with E-state index in [1.807, 2.05) is 32.9 Å². The highest BCUT2D eigenvalue weighted by atomic mass is 16.5. The number of hydrogen-bond acceptors (Lipinski definition) is 4. The smallest absolute Gasteiger partial charge is 0.274 e. The maximum Gasteiger partial charge on any atom is 0.274 e. The average molecular weight is 389 g/mol. The SMILES string of the molecule is COc1ccc(NC(=O)c2cccc(C(=O)Nc3c(C)cc(C)cc3C)n2)cc1. The van der Waals surface area contributed by atoms with Crippen molar-refractivity contribution in [2.45, 2.75) is 20.8 Å². The number of carbonyl (C=O) groups is 2. The predicted octanol–water partition coefficient (Wildman–Crippen LogP) is 4.52. The minimum absolute atomic E-state index is 0.158. The molecule has 0 saturated carbocycles. The molecule has 0 aliphatic heterocycles. The fourth-order valence-electron chi connectivity index (χ4n) is 3.11. The number of nitrogens with zero attached hydrogens (tertiary/aromatic N) is 1. The van der Waals surface area contributed by atoms with Crippen LogP contribution in [0.2, 0.25) is 0 Å². The van der Waals surface area contributed by atoms with E-state index in [0.29, 0.717) is 11.4 Å². The van der Waals surface area contributed by atoms with E-state index in [9.17, 15) is 9.59 Å². The van der Waals surface area contributed by atoms with Crippen molar-refractivity contribution in [3.63, 3.8) is 0 Å². The summed E-state index contributed by atoms with van der Waals surface area (Å²) in [6, 6.07) is 15.8. The van der Waals surface area contributed by atoms with Crippen molar-refractivity contribution in [3.05, 3.63) is 82.7 Å². The van der Waals surface area contributed by atoms with E-state index in [4.69, 9.17) is 4.74 Å². The first-order chi connectivity index (χ1) is 13.9. The van der Waals surface area contributed by atoms with Gasteiger partial charge in [-0.05, 0) is 68.3 Å². The Balaban J connectivity index is 1.76. The second-order valence-electron chi connectivity index (χ2n) is 6.82. The maximum atomic E-state index is 12.7. The summed E-state index contributed by atoms with van der Waals surface area (Å²) in [7, 11) is 1.58. The van der Waals surface area contributed by atoms with Crippen LogP contribution in [0.4, 0.5) is 11.4 Å². The summed E-state index contributed by atoms with van der Waals surface area (Å²) in [6.45, 7) is 5.90. The van der Waals surface area contributed by atoms with Crippen molar-refractivity contribution in [2.75, 3.05) is 17.7 Å². The average Bonchev–Trinajstić information content (AvgIpc) is 2.71. The zero-order valence-corrected chi connectivity index (χ0v) is 16.9. The molecule has 0 spiro atoms. The molecule has 6 heteroatoms. The van der Waals surface area contributed by atoms with Gasteiger partial charge in [0.05, 0.1) is 7.11 Å². The molecule has 0 aliphatic rings. The van der Waals surface area contributed by atoms with Gasteiger partial charge in [0.2, 0.25) is 0 Å². The number of aryl methyl sites for hydroxylation is 3. The molecule has 3 aromatic rings. The molecule has 0 fully saturated rings. The number of hydrogen-bond donors (Lipinski definition) is 2. The van der Waals surface area contributed by atoms with Gasteiger partial charge in [0.1, 0.15) is 17.1 Å². The lowest BCUT2D eigenvalue weighted by atomic mass is 10.0. The lowest BCUT2D eigenvalue weighted by Crippen LogP contribution is -2.19. The Hall–Kier alpha value is -3.67. The van der Waals surface area contributed by atoms with Crippen LogP contribution in [0.15, 0.2) is 54.6 Å². The molecule has 148 valence electrons. The highest BCUT2D eigenvalue weighted by Crippen LogP contribution is 2.22. The number of ether oxygens (including phenoxy) is 1. The Labute approximate surface area is 169 Å². The second-order valence-corrected chi connectivity index (χ2v) is 6.82. The van der Waals surface area contributed by atoms with Gasteiger partial charge in [-0.25, -0.2) is 4.98 Å². The summed E-state index contributed by atoms with van der Waals surface area (Å²) in [5.41, 5.74) is 4.79. The van der Waals surface area contributed by atoms with Crippen LogP contribution in [0.5, 0.6) is 5.75 Å². The van der Waals surface area contributed by atoms with E-state index < -0.39 is 5.91 Å². The highest BCUT2D eigenvalue weighted by molar-refractivity contribution is 6.06. The number of carbonyl (C=O) groups excluding carboxylic acids is 2. The number of amides is 2. The van der Waals surface area contributed by atoms with Gasteiger partial charge in [-0.2, -0.15) is 0 Å². The summed E-state index contributed by atoms with van der Waals surface area (Å²) in [5, 5.41) is 5.66. The molecular weight excluding hydrogens is 366 g/mol. The van der Waals surface area contributed by atoms with Gasteiger partial charge in [0, 0.05) is 11.4 Å². The van der Waals surface area contributed by atoms with Gasteiger partial charge in [-0.3, -0.25) is 9.59 Å². The van der Waals surface area contributed by atoms with E-state index in [1.165, 1.54) is 0 Å². The fraction of sp³-hybridized carbons (Fsp3) is 0.174. The molecule has 0 unspecified atom stereocenters. The van der Waals surface area contributed by atoms with Crippen LogP contribution >= 0.6 is 0 Å². The zero-order valence-electron chi connectivity index (χ0n) is 16.9.